The third-order valence-electron chi connectivity index (χ3n) is 5.15. The molecule has 0 bridgehead atoms. The number of benzene rings is 1. The van der Waals surface area contributed by atoms with E-state index in [1.807, 2.05) is 0 Å². The summed E-state index contributed by atoms with van der Waals surface area (Å²) in [6, 6.07) is 3.97. The quantitative estimate of drug-likeness (QED) is 0.187. The zero-order chi connectivity index (χ0) is 24.1. The smallest absolute Gasteiger partial charge is 0.343 e. The van der Waals surface area contributed by atoms with E-state index in [9.17, 15) is 29.3 Å². The Hall–Kier alpha value is -4.09. The van der Waals surface area contributed by atoms with Gasteiger partial charge in [0, 0.05) is 26.1 Å². The third kappa shape index (κ3) is 4.89. The number of unbranched alkanes of at least 4 members (excludes halogenated alkanes) is 2. The second kappa shape index (κ2) is 10.0. The minimum atomic E-state index is -0.679. The Kier molecular flexibility index (Phi) is 7.16. The number of anilines is 1. The summed E-state index contributed by atoms with van der Waals surface area (Å²) >= 11 is 0. The van der Waals surface area contributed by atoms with Gasteiger partial charge in [0.2, 0.25) is 5.91 Å². The van der Waals surface area contributed by atoms with E-state index >= 15 is 0 Å². The van der Waals surface area contributed by atoms with Gasteiger partial charge in [0.05, 0.1) is 23.3 Å². The summed E-state index contributed by atoms with van der Waals surface area (Å²) in [5, 5.41) is 17.8. The number of fused-ring (bicyclic) bond motifs is 1. The van der Waals surface area contributed by atoms with E-state index in [2.05, 4.69) is 10.4 Å². The van der Waals surface area contributed by atoms with Crippen LogP contribution in [-0.4, -0.2) is 56.4 Å². The largest absolute Gasteiger partial charge is 0.462 e. The standard InChI is InChI=1S/C21H23N5O7/c1-3-33-21(30)14-12-22-24(2)18(14)23-16(27)10-5-4-6-11-25-19(28)13-8-7-9-15(26(31)32)17(13)20(25)29/h7-9,12H,3-6,10-11H2,1-2H3,(H,23,27). The Morgan fingerprint density at radius 1 is 1.18 bits per heavy atom. The first-order valence-electron chi connectivity index (χ1n) is 10.4. The Morgan fingerprint density at radius 2 is 1.94 bits per heavy atom. The molecule has 0 aliphatic carbocycles. The first-order chi connectivity index (χ1) is 15.8. The van der Waals surface area contributed by atoms with Crippen molar-refractivity contribution in [3.63, 3.8) is 0 Å². The van der Waals surface area contributed by atoms with Gasteiger partial charge in [-0.2, -0.15) is 5.10 Å². The van der Waals surface area contributed by atoms with Crippen molar-refractivity contribution in [3.8, 4) is 0 Å². The van der Waals surface area contributed by atoms with Crippen molar-refractivity contribution in [1.29, 1.82) is 0 Å². The van der Waals surface area contributed by atoms with Crippen LogP contribution in [-0.2, 0) is 16.6 Å². The van der Waals surface area contributed by atoms with E-state index in [-0.39, 0.29) is 53.7 Å². The van der Waals surface area contributed by atoms with Gasteiger partial charge in [-0.15, -0.1) is 0 Å². The number of ether oxygens (including phenoxy) is 1. The molecule has 1 aliphatic rings. The lowest BCUT2D eigenvalue weighted by Gasteiger charge is -2.13. The maximum Gasteiger partial charge on any atom is 0.343 e. The monoisotopic (exact) mass is 457 g/mol. The first-order valence-corrected chi connectivity index (χ1v) is 10.4. The molecule has 0 spiro atoms. The molecule has 0 unspecified atom stereocenters. The summed E-state index contributed by atoms with van der Waals surface area (Å²) in [6.07, 6.45) is 2.92. The van der Waals surface area contributed by atoms with Gasteiger partial charge < -0.3 is 10.1 Å². The maximum atomic E-state index is 12.5. The van der Waals surface area contributed by atoms with Gasteiger partial charge in [0.1, 0.15) is 16.9 Å². The van der Waals surface area contributed by atoms with Crippen LogP contribution >= 0.6 is 0 Å². The Labute approximate surface area is 188 Å². The molecule has 1 aromatic heterocycles. The predicted octanol–water partition coefficient (Wildman–Crippen LogP) is 2.30. The summed E-state index contributed by atoms with van der Waals surface area (Å²) in [7, 11) is 1.59. The van der Waals surface area contributed by atoms with Crippen LogP contribution in [0, 0.1) is 10.1 Å². The number of rotatable bonds is 10. The van der Waals surface area contributed by atoms with Crippen molar-refractivity contribution in [2.24, 2.45) is 7.05 Å². The van der Waals surface area contributed by atoms with E-state index in [1.54, 1.807) is 14.0 Å². The van der Waals surface area contributed by atoms with Crippen molar-refractivity contribution < 1.29 is 28.8 Å². The molecule has 174 valence electrons. The zero-order valence-corrected chi connectivity index (χ0v) is 18.2. The number of hydrogen-bond acceptors (Lipinski definition) is 8. The summed E-state index contributed by atoms with van der Waals surface area (Å²) < 4.78 is 6.31. The number of nitrogens with one attached hydrogen (secondary N) is 1. The van der Waals surface area contributed by atoms with Gasteiger partial charge in [-0.1, -0.05) is 12.5 Å². The molecule has 0 radical (unpaired) electrons. The molecule has 33 heavy (non-hydrogen) atoms. The minimum absolute atomic E-state index is 0.0298. The molecule has 1 aliphatic heterocycles. The average molecular weight is 457 g/mol. The first kappa shape index (κ1) is 23.6. The lowest BCUT2D eigenvalue weighted by atomic mass is 10.1. The van der Waals surface area contributed by atoms with Crippen molar-refractivity contribution in [3.05, 3.63) is 51.2 Å². The van der Waals surface area contributed by atoms with Gasteiger partial charge in [0.25, 0.3) is 17.5 Å². The Balaban J connectivity index is 1.49. The van der Waals surface area contributed by atoms with Crippen molar-refractivity contribution in [1.82, 2.24) is 14.7 Å². The van der Waals surface area contributed by atoms with E-state index < -0.39 is 22.7 Å². The van der Waals surface area contributed by atoms with E-state index in [0.29, 0.717) is 19.3 Å². The topological polar surface area (TPSA) is 154 Å². The van der Waals surface area contributed by atoms with Crippen molar-refractivity contribution in [2.75, 3.05) is 18.5 Å². The molecule has 0 saturated carbocycles. The van der Waals surface area contributed by atoms with Crippen LogP contribution in [0.2, 0.25) is 0 Å². The molecule has 3 rings (SSSR count). The number of aromatic nitrogens is 2. The van der Waals surface area contributed by atoms with E-state index in [4.69, 9.17) is 4.74 Å². The summed E-state index contributed by atoms with van der Waals surface area (Å²) in [4.78, 5) is 60.7. The summed E-state index contributed by atoms with van der Waals surface area (Å²) in [5.74, 6) is -1.89. The summed E-state index contributed by atoms with van der Waals surface area (Å²) in [6.45, 7) is 1.97. The van der Waals surface area contributed by atoms with Crippen molar-refractivity contribution in [2.45, 2.75) is 32.6 Å². The van der Waals surface area contributed by atoms with Crippen LogP contribution in [0.25, 0.3) is 0 Å². The highest BCUT2D eigenvalue weighted by molar-refractivity contribution is 6.23. The number of esters is 1. The number of nitrogens with zero attached hydrogens (tertiary/aromatic N) is 4. The number of carbonyl (C=O) groups is 4. The maximum absolute atomic E-state index is 12.5. The second-order valence-corrected chi connectivity index (χ2v) is 7.33. The number of amides is 3. The van der Waals surface area contributed by atoms with Crippen LogP contribution in [0.3, 0.4) is 0 Å². The van der Waals surface area contributed by atoms with Crippen LogP contribution < -0.4 is 5.32 Å². The molecule has 1 N–H and O–H groups in total. The normalized spacial score (nSPS) is 12.6. The van der Waals surface area contributed by atoms with Gasteiger partial charge in [-0.05, 0) is 25.8 Å². The molecule has 2 heterocycles. The molecule has 2 aromatic rings. The molecule has 0 atom stereocenters. The van der Waals surface area contributed by atoms with Crippen LogP contribution in [0.1, 0.15) is 63.7 Å². The molecule has 12 nitrogen and oxygen atoms in total. The highest BCUT2D eigenvalue weighted by Gasteiger charge is 2.40. The molecular formula is C21H23N5O7. The number of carbonyl (C=O) groups excluding carboxylic acids is 4. The van der Waals surface area contributed by atoms with Crippen LogP contribution in [0.5, 0.6) is 0 Å². The van der Waals surface area contributed by atoms with Crippen molar-refractivity contribution >= 4 is 35.2 Å². The number of imide groups is 1. The van der Waals surface area contributed by atoms with Gasteiger partial charge in [-0.3, -0.25) is 34.1 Å². The molecule has 0 saturated heterocycles. The highest BCUT2D eigenvalue weighted by Crippen LogP contribution is 2.30. The number of aryl methyl sites for hydroxylation is 1. The minimum Gasteiger partial charge on any atom is -0.462 e. The molecule has 1 aromatic carbocycles. The number of nitro groups is 1. The highest BCUT2D eigenvalue weighted by atomic mass is 16.6. The predicted molar refractivity (Wildman–Crippen MR) is 115 cm³/mol. The zero-order valence-electron chi connectivity index (χ0n) is 18.2. The fourth-order valence-electron chi connectivity index (χ4n) is 3.54. The molecule has 12 heteroatoms. The van der Waals surface area contributed by atoms with Gasteiger partial charge in [0.15, 0.2) is 0 Å². The van der Waals surface area contributed by atoms with E-state index in [0.717, 1.165) is 4.90 Å². The Morgan fingerprint density at radius 3 is 2.64 bits per heavy atom. The lowest BCUT2D eigenvalue weighted by molar-refractivity contribution is -0.385. The fourth-order valence-corrected chi connectivity index (χ4v) is 3.54. The van der Waals surface area contributed by atoms with Crippen LogP contribution in [0.4, 0.5) is 11.5 Å². The van der Waals surface area contributed by atoms with Gasteiger partial charge >= 0.3 is 5.97 Å². The summed E-state index contributed by atoms with van der Waals surface area (Å²) in [5.41, 5.74) is -0.377. The average Bonchev–Trinajstić information content (AvgIpc) is 3.25. The molecule has 3 amide bonds. The van der Waals surface area contributed by atoms with E-state index in [1.165, 1.54) is 29.1 Å². The number of nitro benzene ring substituents is 1. The third-order valence-corrected chi connectivity index (χ3v) is 5.15. The number of hydrogen-bond donors (Lipinski definition) is 1. The fraction of sp³-hybridized carbons (Fsp3) is 0.381. The molecule has 0 fully saturated rings. The van der Waals surface area contributed by atoms with Gasteiger partial charge in [-0.25, -0.2) is 4.79 Å². The molecular weight excluding hydrogens is 434 g/mol. The van der Waals surface area contributed by atoms with Crippen LogP contribution in [0.15, 0.2) is 24.4 Å². The second-order valence-electron chi connectivity index (χ2n) is 7.33. The Bertz CT molecular complexity index is 1120. The SMILES string of the molecule is CCOC(=O)c1cnn(C)c1NC(=O)CCCCCN1C(=O)c2cccc([N+](=O)[O-])c2C1=O. The lowest BCUT2D eigenvalue weighted by Crippen LogP contribution is -2.30.